The van der Waals surface area contributed by atoms with Crippen LogP contribution in [-0.2, 0) is 14.3 Å². The molecule has 0 spiro atoms. The van der Waals surface area contributed by atoms with Crippen LogP contribution in [0, 0.1) is 5.92 Å². The highest BCUT2D eigenvalue weighted by Gasteiger charge is 2.33. The second-order valence-corrected chi connectivity index (χ2v) is 4.66. The molecule has 0 aromatic heterocycles. The Bertz CT molecular complexity index is 206. The minimum absolute atomic E-state index is 0.273. The van der Waals surface area contributed by atoms with Crippen molar-refractivity contribution in [3.05, 3.63) is 0 Å². The molecule has 0 aromatic rings. The summed E-state index contributed by atoms with van der Waals surface area (Å²) >= 11 is 0. The molecule has 4 nitrogen and oxygen atoms in total. The van der Waals surface area contributed by atoms with Crippen LogP contribution >= 0.6 is 0 Å². The van der Waals surface area contributed by atoms with Gasteiger partial charge in [-0.05, 0) is 25.8 Å². The molecule has 0 saturated carbocycles. The van der Waals surface area contributed by atoms with E-state index in [0.717, 1.165) is 13.0 Å². The van der Waals surface area contributed by atoms with Crippen molar-refractivity contribution in [1.29, 1.82) is 0 Å². The molecule has 0 heterocycles. The molecule has 0 aliphatic rings. The van der Waals surface area contributed by atoms with Crippen molar-refractivity contribution >= 4 is 5.97 Å². The predicted molar refractivity (Wildman–Crippen MR) is 64.4 cm³/mol. The highest BCUT2D eigenvalue weighted by Crippen LogP contribution is 2.08. The van der Waals surface area contributed by atoms with E-state index in [-0.39, 0.29) is 5.97 Å². The van der Waals surface area contributed by atoms with Gasteiger partial charge >= 0.3 is 5.97 Å². The minimum Gasteiger partial charge on any atom is -0.468 e. The van der Waals surface area contributed by atoms with Gasteiger partial charge in [-0.25, -0.2) is 4.79 Å². The van der Waals surface area contributed by atoms with E-state index in [9.17, 15) is 4.79 Å². The van der Waals surface area contributed by atoms with Crippen LogP contribution in [0.4, 0.5) is 0 Å². The van der Waals surface area contributed by atoms with Gasteiger partial charge in [0.2, 0.25) is 0 Å². The third-order valence-electron chi connectivity index (χ3n) is 2.24. The first-order chi connectivity index (χ1) is 7.46. The van der Waals surface area contributed by atoms with E-state index < -0.39 is 5.54 Å². The van der Waals surface area contributed by atoms with E-state index in [2.05, 4.69) is 26.1 Å². The highest BCUT2D eigenvalue weighted by molar-refractivity contribution is 5.80. The molecule has 4 heteroatoms. The van der Waals surface area contributed by atoms with Gasteiger partial charge in [0.25, 0.3) is 0 Å². The van der Waals surface area contributed by atoms with Gasteiger partial charge in [-0.1, -0.05) is 20.8 Å². The maximum absolute atomic E-state index is 11.7. The summed E-state index contributed by atoms with van der Waals surface area (Å²) in [6.07, 6.45) is 0.969. The number of hydrogen-bond acceptors (Lipinski definition) is 4. The SMILES string of the molecule is CCCNC(C)(COCC(C)C)C(=O)OC. The van der Waals surface area contributed by atoms with Crippen LogP contribution in [0.5, 0.6) is 0 Å². The standard InChI is InChI=1S/C12H25NO3/c1-6-7-13-12(4,11(14)15-5)9-16-8-10(2)3/h10,13H,6-9H2,1-5H3. The summed E-state index contributed by atoms with van der Waals surface area (Å²) in [4.78, 5) is 11.7. The third kappa shape index (κ3) is 5.47. The van der Waals surface area contributed by atoms with E-state index in [1.807, 2.05) is 6.92 Å². The molecule has 96 valence electrons. The lowest BCUT2D eigenvalue weighted by Gasteiger charge is -2.28. The summed E-state index contributed by atoms with van der Waals surface area (Å²) in [5.74, 6) is 0.192. The number of ether oxygens (including phenoxy) is 2. The summed E-state index contributed by atoms with van der Waals surface area (Å²) in [6, 6.07) is 0. The van der Waals surface area contributed by atoms with Gasteiger partial charge < -0.3 is 14.8 Å². The lowest BCUT2D eigenvalue weighted by molar-refractivity contribution is -0.150. The number of carbonyl (C=O) groups excluding carboxylic acids is 1. The number of nitrogens with one attached hydrogen (secondary N) is 1. The summed E-state index contributed by atoms with van der Waals surface area (Å²) in [7, 11) is 1.40. The summed E-state index contributed by atoms with van der Waals surface area (Å²) in [5.41, 5.74) is -0.736. The number of rotatable bonds is 8. The zero-order valence-electron chi connectivity index (χ0n) is 11.1. The van der Waals surface area contributed by atoms with E-state index >= 15 is 0 Å². The molecule has 0 bridgehead atoms. The Kier molecular flexibility index (Phi) is 7.34. The van der Waals surface area contributed by atoms with Crippen molar-refractivity contribution in [2.24, 2.45) is 5.92 Å². The monoisotopic (exact) mass is 231 g/mol. The Labute approximate surface area is 98.7 Å². The van der Waals surface area contributed by atoms with Crippen molar-refractivity contribution < 1.29 is 14.3 Å². The fourth-order valence-electron chi connectivity index (χ4n) is 1.31. The van der Waals surface area contributed by atoms with Gasteiger partial charge in [0.05, 0.1) is 13.7 Å². The molecule has 0 saturated heterocycles. The van der Waals surface area contributed by atoms with Gasteiger partial charge in [-0.3, -0.25) is 0 Å². The topological polar surface area (TPSA) is 47.6 Å². The normalized spacial score (nSPS) is 14.9. The summed E-state index contributed by atoms with van der Waals surface area (Å²) in [5, 5.41) is 3.17. The molecule has 1 unspecified atom stereocenters. The molecule has 0 aliphatic heterocycles. The second-order valence-electron chi connectivity index (χ2n) is 4.66. The molecular formula is C12H25NO3. The Morgan fingerprint density at radius 2 is 2.06 bits per heavy atom. The third-order valence-corrected chi connectivity index (χ3v) is 2.24. The Hall–Kier alpha value is -0.610. The number of esters is 1. The molecule has 0 radical (unpaired) electrons. The Morgan fingerprint density at radius 3 is 2.50 bits per heavy atom. The molecule has 0 rings (SSSR count). The molecule has 1 N–H and O–H groups in total. The zero-order chi connectivity index (χ0) is 12.6. The first kappa shape index (κ1) is 15.4. The molecule has 0 aliphatic carbocycles. The van der Waals surface area contributed by atoms with Crippen molar-refractivity contribution in [3.8, 4) is 0 Å². The van der Waals surface area contributed by atoms with Gasteiger partial charge in [-0.15, -0.1) is 0 Å². The second kappa shape index (κ2) is 7.63. The largest absolute Gasteiger partial charge is 0.468 e. The molecule has 16 heavy (non-hydrogen) atoms. The van der Waals surface area contributed by atoms with E-state index in [1.165, 1.54) is 7.11 Å². The van der Waals surface area contributed by atoms with E-state index in [4.69, 9.17) is 9.47 Å². The molecule has 0 fully saturated rings. The summed E-state index contributed by atoms with van der Waals surface area (Å²) < 4.78 is 10.3. The van der Waals surface area contributed by atoms with Crippen LogP contribution < -0.4 is 5.32 Å². The Morgan fingerprint density at radius 1 is 1.44 bits per heavy atom. The van der Waals surface area contributed by atoms with Crippen LogP contribution in [0.1, 0.15) is 34.1 Å². The van der Waals surface area contributed by atoms with E-state index in [1.54, 1.807) is 0 Å². The minimum atomic E-state index is -0.736. The van der Waals surface area contributed by atoms with Gasteiger partial charge in [-0.2, -0.15) is 0 Å². The fraction of sp³-hybridized carbons (Fsp3) is 0.917. The number of methoxy groups -OCH3 is 1. The van der Waals surface area contributed by atoms with Crippen molar-refractivity contribution in [1.82, 2.24) is 5.32 Å². The highest BCUT2D eigenvalue weighted by atomic mass is 16.5. The van der Waals surface area contributed by atoms with Crippen LogP contribution in [0.15, 0.2) is 0 Å². The van der Waals surface area contributed by atoms with Crippen LogP contribution in [0.2, 0.25) is 0 Å². The fourth-order valence-corrected chi connectivity index (χ4v) is 1.31. The van der Waals surface area contributed by atoms with Gasteiger partial charge in [0, 0.05) is 6.61 Å². The number of hydrogen-bond donors (Lipinski definition) is 1. The van der Waals surface area contributed by atoms with Crippen molar-refractivity contribution in [2.75, 3.05) is 26.9 Å². The average molecular weight is 231 g/mol. The quantitative estimate of drug-likeness (QED) is 0.644. The van der Waals surface area contributed by atoms with Crippen molar-refractivity contribution in [2.45, 2.75) is 39.7 Å². The lowest BCUT2D eigenvalue weighted by atomic mass is 10.0. The maximum Gasteiger partial charge on any atom is 0.328 e. The van der Waals surface area contributed by atoms with Gasteiger partial charge in [0.1, 0.15) is 5.54 Å². The van der Waals surface area contributed by atoms with Crippen LogP contribution in [-0.4, -0.2) is 38.4 Å². The van der Waals surface area contributed by atoms with Crippen LogP contribution in [0.3, 0.4) is 0 Å². The molecule has 1 atom stereocenters. The first-order valence-electron chi connectivity index (χ1n) is 5.87. The Balaban J connectivity index is 4.24. The molecule has 0 aromatic carbocycles. The van der Waals surface area contributed by atoms with Crippen molar-refractivity contribution in [3.63, 3.8) is 0 Å². The first-order valence-corrected chi connectivity index (χ1v) is 5.87. The average Bonchev–Trinajstić information content (AvgIpc) is 2.24. The van der Waals surface area contributed by atoms with Crippen LogP contribution in [0.25, 0.3) is 0 Å². The molecule has 0 amide bonds. The smallest absolute Gasteiger partial charge is 0.328 e. The molecular weight excluding hydrogens is 206 g/mol. The number of carbonyl (C=O) groups is 1. The van der Waals surface area contributed by atoms with Gasteiger partial charge in [0.15, 0.2) is 0 Å². The predicted octanol–water partition coefficient (Wildman–Crippen LogP) is 1.59. The summed E-state index contributed by atoms with van der Waals surface area (Å²) in [6.45, 7) is 9.80. The van der Waals surface area contributed by atoms with E-state index in [0.29, 0.717) is 19.1 Å². The zero-order valence-corrected chi connectivity index (χ0v) is 11.1. The maximum atomic E-state index is 11.7. The lowest BCUT2D eigenvalue weighted by Crippen LogP contribution is -2.54.